The summed E-state index contributed by atoms with van der Waals surface area (Å²) in [5.74, 6) is -2.51. The molecule has 130 valence electrons. The predicted molar refractivity (Wildman–Crippen MR) is 89.1 cm³/mol. The van der Waals surface area contributed by atoms with Crippen LogP contribution in [0.4, 0.5) is 0 Å². The van der Waals surface area contributed by atoms with Crippen LogP contribution in [0.5, 0.6) is 5.75 Å². The standard InChI is InChI=1S/C19H24O5/c1-3-24-19(23)15-11-7-10-14(18(15)22)17(21)12(2)16(20)13-8-5-4-6-9-13/h7,10-13,22H,3-6,8-9H2,1-2H3. The number of para-hydroxylation sites is 1. The zero-order valence-electron chi connectivity index (χ0n) is 14.2. The van der Waals surface area contributed by atoms with E-state index in [1.54, 1.807) is 13.8 Å². The normalized spacial score (nSPS) is 16.4. The lowest BCUT2D eigenvalue weighted by molar-refractivity contribution is -0.125. The minimum absolute atomic E-state index is 0.00258. The number of esters is 1. The summed E-state index contributed by atoms with van der Waals surface area (Å²) >= 11 is 0. The molecular formula is C19H24O5. The van der Waals surface area contributed by atoms with E-state index in [-0.39, 0.29) is 29.4 Å². The molecule has 2 rings (SSSR count). The van der Waals surface area contributed by atoms with Gasteiger partial charge in [-0.25, -0.2) is 4.79 Å². The highest BCUT2D eigenvalue weighted by molar-refractivity contribution is 6.13. The number of Topliss-reactive ketones (excluding diaryl/α,β-unsaturated/α-hetero) is 2. The van der Waals surface area contributed by atoms with Gasteiger partial charge in [-0.2, -0.15) is 0 Å². The largest absolute Gasteiger partial charge is 0.506 e. The first-order valence-corrected chi connectivity index (χ1v) is 8.54. The molecule has 1 atom stereocenters. The molecule has 5 heteroatoms. The molecule has 0 aliphatic heterocycles. The number of benzene rings is 1. The van der Waals surface area contributed by atoms with Gasteiger partial charge in [-0.1, -0.05) is 25.3 Å². The first kappa shape index (κ1) is 18.2. The number of hydrogen-bond acceptors (Lipinski definition) is 5. The number of carbonyl (C=O) groups excluding carboxylic acids is 3. The van der Waals surface area contributed by atoms with Gasteiger partial charge in [0.05, 0.1) is 18.1 Å². The van der Waals surface area contributed by atoms with Gasteiger partial charge in [0.15, 0.2) is 5.78 Å². The summed E-state index contributed by atoms with van der Waals surface area (Å²) in [5, 5.41) is 10.3. The van der Waals surface area contributed by atoms with Crippen molar-refractivity contribution in [3.8, 4) is 5.75 Å². The molecular weight excluding hydrogens is 308 g/mol. The van der Waals surface area contributed by atoms with Crippen molar-refractivity contribution < 1.29 is 24.2 Å². The SMILES string of the molecule is CCOC(=O)c1cccc(C(=O)C(C)C(=O)C2CCCCC2)c1O. The molecule has 1 aliphatic rings. The second-order valence-electron chi connectivity index (χ2n) is 6.25. The number of aromatic hydroxyl groups is 1. The summed E-state index contributed by atoms with van der Waals surface area (Å²) in [6.45, 7) is 3.41. The second kappa shape index (κ2) is 8.08. The number of ketones is 2. The van der Waals surface area contributed by atoms with E-state index >= 15 is 0 Å². The fourth-order valence-electron chi connectivity index (χ4n) is 3.22. The van der Waals surface area contributed by atoms with Crippen LogP contribution in [0.2, 0.25) is 0 Å². The molecule has 1 aromatic rings. The zero-order valence-corrected chi connectivity index (χ0v) is 14.2. The topological polar surface area (TPSA) is 80.7 Å². The highest BCUT2D eigenvalue weighted by atomic mass is 16.5. The summed E-state index contributed by atoms with van der Waals surface area (Å²) in [7, 11) is 0. The monoisotopic (exact) mass is 332 g/mol. The van der Waals surface area contributed by atoms with Crippen molar-refractivity contribution in [3.05, 3.63) is 29.3 Å². The Morgan fingerprint density at radius 1 is 1.17 bits per heavy atom. The number of phenols is 1. The Morgan fingerprint density at radius 2 is 1.79 bits per heavy atom. The van der Waals surface area contributed by atoms with Gasteiger partial charge in [0.25, 0.3) is 0 Å². The van der Waals surface area contributed by atoms with Crippen LogP contribution in [0.3, 0.4) is 0 Å². The van der Waals surface area contributed by atoms with Gasteiger partial charge in [-0.05, 0) is 38.8 Å². The molecule has 0 amide bonds. The van der Waals surface area contributed by atoms with Crippen LogP contribution in [-0.2, 0) is 9.53 Å². The first-order chi connectivity index (χ1) is 11.5. The maximum atomic E-state index is 12.6. The van der Waals surface area contributed by atoms with E-state index in [0.29, 0.717) is 0 Å². The molecule has 0 spiro atoms. The summed E-state index contributed by atoms with van der Waals surface area (Å²) in [5.41, 5.74) is -0.0581. The number of hydrogen-bond donors (Lipinski definition) is 1. The molecule has 5 nitrogen and oxygen atoms in total. The first-order valence-electron chi connectivity index (χ1n) is 8.54. The van der Waals surface area contributed by atoms with Gasteiger partial charge in [0.1, 0.15) is 17.1 Å². The van der Waals surface area contributed by atoms with Gasteiger partial charge in [-0.15, -0.1) is 0 Å². The third-order valence-electron chi connectivity index (χ3n) is 4.62. The van der Waals surface area contributed by atoms with Crippen LogP contribution in [0.15, 0.2) is 18.2 Å². The summed E-state index contributed by atoms with van der Waals surface area (Å²) in [6.07, 6.45) is 4.81. The molecule has 24 heavy (non-hydrogen) atoms. The summed E-state index contributed by atoms with van der Waals surface area (Å²) in [4.78, 5) is 37.0. The minimum Gasteiger partial charge on any atom is -0.506 e. The number of rotatable bonds is 6. The van der Waals surface area contributed by atoms with Crippen molar-refractivity contribution in [2.75, 3.05) is 6.61 Å². The summed E-state index contributed by atoms with van der Waals surface area (Å²) in [6, 6.07) is 4.35. The van der Waals surface area contributed by atoms with E-state index in [2.05, 4.69) is 0 Å². The molecule has 1 aromatic carbocycles. The van der Waals surface area contributed by atoms with Crippen LogP contribution in [0.25, 0.3) is 0 Å². The Kier molecular flexibility index (Phi) is 6.12. The molecule has 0 aromatic heterocycles. The molecule has 1 saturated carbocycles. The lowest BCUT2D eigenvalue weighted by Gasteiger charge is -2.23. The van der Waals surface area contributed by atoms with Gasteiger partial charge < -0.3 is 9.84 Å². The molecule has 1 unspecified atom stereocenters. The fraction of sp³-hybridized carbons (Fsp3) is 0.526. The van der Waals surface area contributed by atoms with Crippen molar-refractivity contribution in [2.45, 2.75) is 46.0 Å². The number of phenolic OH excluding ortho intramolecular Hbond substituents is 1. The lowest BCUT2D eigenvalue weighted by Crippen LogP contribution is -2.29. The van der Waals surface area contributed by atoms with Gasteiger partial charge in [0.2, 0.25) is 0 Å². The van der Waals surface area contributed by atoms with E-state index in [1.165, 1.54) is 18.2 Å². The maximum absolute atomic E-state index is 12.6. The minimum atomic E-state index is -0.823. The molecule has 0 heterocycles. The maximum Gasteiger partial charge on any atom is 0.341 e. The smallest absolute Gasteiger partial charge is 0.341 e. The van der Waals surface area contributed by atoms with Crippen LogP contribution >= 0.6 is 0 Å². The second-order valence-corrected chi connectivity index (χ2v) is 6.25. The van der Waals surface area contributed by atoms with Crippen molar-refractivity contribution in [2.24, 2.45) is 11.8 Å². The third kappa shape index (κ3) is 3.83. The van der Waals surface area contributed by atoms with Crippen LogP contribution in [-0.4, -0.2) is 29.2 Å². The lowest BCUT2D eigenvalue weighted by atomic mass is 9.80. The molecule has 0 radical (unpaired) electrons. The summed E-state index contributed by atoms with van der Waals surface area (Å²) < 4.78 is 4.87. The predicted octanol–water partition coefficient (Wildman–Crippen LogP) is 3.54. The van der Waals surface area contributed by atoms with Crippen molar-refractivity contribution in [1.29, 1.82) is 0 Å². The highest BCUT2D eigenvalue weighted by Gasteiger charge is 2.32. The van der Waals surface area contributed by atoms with E-state index in [1.807, 2.05) is 0 Å². The van der Waals surface area contributed by atoms with E-state index in [9.17, 15) is 19.5 Å². The van der Waals surface area contributed by atoms with Crippen molar-refractivity contribution >= 4 is 17.5 Å². The van der Waals surface area contributed by atoms with E-state index in [4.69, 9.17) is 4.74 Å². The average Bonchev–Trinajstić information content (AvgIpc) is 2.61. The van der Waals surface area contributed by atoms with Gasteiger partial charge in [-0.3, -0.25) is 9.59 Å². The van der Waals surface area contributed by atoms with E-state index < -0.39 is 23.4 Å². The molecule has 0 bridgehead atoms. The Balaban J connectivity index is 2.21. The van der Waals surface area contributed by atoms with E-state index in [0.717, 1.165) is 32.1 Å². The average molecular weight is 332 g/mol. The number of ether oxygens (including phenoxy) is 1. The molecule has 1 N–H and O–H groups in total. The molecule has 0 saturated heterocycles. The molecule has 1 fully saturated rings. The fourth-order valence-corrected chi connectivity index (χ4v) is 3.22. The Morgan fingerprint density at radius 3 is 2.42 bits per heavy atom. The Hall–Kier alpha value is -2.17. The highest BCUT2D eigenvalue weighted by Crippen LogP contribution is 2.30. The van der Waals surface area contributed by atoms with Crippen molar-refractivity contribution in [3.63, 3.8) is 0 Å². The Bertz CT molecular complexity index is 629. The van der Waals surface area contributed by atoms with Crippen LogP contribution < -0.4 is 0 Å². The number of carbonyl (C=O) groups is 3. The van der Waals surface area contributed by atoms with Crippen molar-refractivity contribution in [1.82, 2.24) is 0 Å². The quantitative estimate of drug-likeness (QED) is 0.489. The third-order valence-corrected chi connectivity index (χ3v) is 4.62. The van der Waals surface area contributed by atoms with Gasteiger partial charge in [0, 0.05) is 5.92 Å². The van der Waals surface area contributed by atoms with Gasteiger partial charge >= 0.3 is 5.97 Å². The molecule has 1 aliphatic carbocycles. The van der Waals surface area contributed by atoms with Crippen LogP contribution in [0.1, 0.15) is 66.7 Å². The zero-order chi connectivity index (χ0) is 17.7. The van der Waals surface area contributed by atoms with Crippen LogP contribution in [0, 0.1) is 11.8 Å². The Labute approximate surface area is 142 Å².